The number of carbonyl (C=O) groups excluding carboxylic acids is 1. The number of fused-ring (bicyclic) bond motifs is 1. The van der Waals surface area contributed by atoms with Crippen LogP contribution in [0.5, 0.6) is 5.75 Å². The first-order valence-electron chi connectivity index (χ1n) is 5.76. The predicted octanol–water partition coefficient (Wildman–Crippen LogP) is 2.58. The molecule has 3 nitrogen and oxygen atoms in total. The fourth-order valence-corrected chi connectivity index (χ4v) is 2.45. The van der Waals surface area contributed by atoms with Crippen molar-refractivity contribution in [3.8, 4) is 5.75 Å². The van der Waals surface area contributed by atoms with Crippen LogP contribution >= 0.6 is 15.9 Å². The van der Waals surface area contributed by atoms with Crippen molar-refractivity contribution in [1.29, 1.82) is 0 Å². The molecular formula is C13H16BrNO2. The summed E-state index contributed by atoms with van der Waals surface area (Å²) in [5.41, 5.74) is 2.52. The summed E-state index contributed by atoms with van der Waals surface area (Å²) in [7, 11) is 1.66. The van der Waals surface area contributed by atoms with Crippen LogP contribution in [0.2, 0.25) is 0 Å². The zero-order valence-electron chi connectivity index (χ0n) is 9.83. The summed E-state index contributed by atoms with van der Waals surface area (Å²) in [6.45, 7) is 0. The molecule has 0 saturated carbocycles. The molecule has 4 heteroatoms. The number of alkyl halides is 1. The summed E-state index contributed by atoms with van der Waals surface area (Å²) < 4.78 is 5.24. The third kappa shape index (κ3) is 2.80. The van der Waals surface area contributed by atoms with Crippen LogP contribution in [-0.4, -0.2) is 18.3 Å². The largest absolute Gasteiger partial charge is 0.497 e. The van der Waals surface area contributed by atoms with Crippen molar-refractivity contribution < 1.29 is 9.53 Å². The van der Waals surface area contributed by atoms with E-state index >= 15 is 0 Å². The van der Waals surface area contributed by atoms with Gasteiger partial charge in [-0.3, -0.25) is 4.79 Å². The number of aryl methyl sites for hydroxylation is 1. The van der Waals surface area contributed by atoms with Crippen molar-refractivity contribution in [1.82, 2.24) is 5.32 Å². The Bertz CT molecular complexity index is 420. The maximum Gasteiger partial charge on any atom is 0.231 e. The third-order valence-electron chi connectivity index (χ3n) is 3.12. The quantitative estimate of drug-likeness (QED) is 0.871. The number of halogens is 1. The van der Waals surface area contributed by atoms with Gasteiger partial charge in [-0.15, -0.1) is 0 Å². The van der Waals surface area contributed by atoms with E-state index in [-0.39, 0.29) is 11.9 Å². The molecule has 0 saturated heterocycles. The summed E-state index contributed by atoms with van der Waals surface area (Å²) >= 11 is 3.17. The molecule has 1 aliphatic carbocycles. The number of rotatable bonds is 3. The number of amides is 1. The van der Waals surface area contributed by atoms with Crippen LogP contribution in [0.15, 0.2) is 18.2 Å². The Hall–Kier alpha value is -1.03. The van der Waals surface area contributed by atoms with E-state index in [9.17, 15) is 4.79 Å². The van der Waals surface area contributed by atoms with Gasteiger partial charge in [0.2, 0.25) is 5.91 Å². The number of carbonyl (C=O) groups is 1. The van der Waals surface area contributed by atoms with Gasteiger partial charge in [0, 0.05) is 0 Å². The number of benzene rings is 1. The third-order valence-corrected chi connectivity index (χ3v) is 3.63. The second-order valence-corrected chi connectivity index (χ2v) is 4.77. The highest BCUT2D eigenvalue weighted by molar-refractivity contribution is 9.09. The fourth-order valence-electron chi connectivity index (χ4n) is 2.29. The number of hydrogen-bond donors (Lipinski definition) is 1. The number of hydrogen-bond acceptors (Lipinski definition) is 2. The lowest BCUT2D eigenvalue weighted by molar-refractivity contribution is -0.119. The smallest absolute Gasteiger partial charge is 0.231 e. The SMILES string of the molecule is COc1ccc2c(c1)C(NC(=O)CBr)CCC2. The van der Waals surface area contributed by atoms with Crippen LogP contribution in [0.4, 0.5) is 0 Å². The minimum absolute atomic E-state index is 0.0330. The molecule has 1 aliphatic rings. The van der Waals surface area contributed by atoms with Crippen molar-refractivity contribution in [2.24, 2.45) is 0 Å². The molecule has 0 spiro atoms. The highest BCUT2D eigenvalue weighted by Gasteiger charge is 2.21. The number of methoxy groups -OCH3 is 1. The van der Waals surface area contributed by atoms with Gasteiger partial charge in [0.15, 0.2) is 0 Å². The normalized spacial score (nSPS) is 18.4. The molecule has 1 N–H and O–H groups in total. The fraction of sp³-hybridized carbons (Fsp3) is 0.462. The van der Waals surface area contributed by atoms with Gasteiger partial charge in [-0.1, -0.05) is 22.0 Å². The van der Waals surface area contributed by atoms with Gasteiger partial charge in [0.05, 0.1) is 18.5 Å². The molecule has 17 heavy (non-hydrogen) atoms. The van der Waals surface area contributed by atoms with Crippen molar-refractivity contribution in [3.63, 3.8) is 0 Å². The molecule has 92 valence electrons. The number of ether oxygens (including phenoxy) is 1. The minimum Gasteiger partial charge on any atom is -0.497 e. The standard InChI is InChI=1S/C13H16BrNO2/c1-17-10-6-5-9-3-2-4-12(11(9)7-10)15-13(16)8-14/h5-7,12H,2-4,8H2,1H3,(H,15,16). The highest BCUT2D eigenvalue weighted by Crippen LogP contribution is 2.32. The molecule has 0 bridgehead atoms. The van der Waals surface area contributed by atoms with Gasteiger partial charge >= 0.3 is 0 Å². The number of nitrogens with one attached hydrogen (secondary N) is 1. The molecule has 0 heterocycles. The molecule has 2 rings (SSSR count). The molecule has 1 aromatic rings. The van der Waals surface area contributed by atoms with Gasteiger partial charge in [-0.2, -0.15) is 0 Å². The van der Waals surface area contributed by atoms with E-state index in [4.69, 9.17) is 4.74 Å². The molecule has 0 fully saturated rings. The lowest BCUT2D eigenvalue weighted by Crippen LogP contribution is -2.31. The Morgan fingerprint density at radius 3 is 3.12 bits per heavy atom. The summed E-state index contributed by atoms with van der Waals surface area (Å²) in [5, 5.41) is 3.38. The maximum absolute atomic E-state index is 11.5. The molecule has 0 aromatic heterocycles. The van der Waals surface area contributed by atoms with Crippen molar-refractivity contribution >= 4 is 21.8 Å². The maximum atomic E-state index is 11.5. The topological polar surface area (TPSA) is 38.3 Å². The van der Waals surface area contributed by atoms with Crippen molar-refractivity contribution in [2.75, 3.05) is 12.4 Å². The zero-order valence-corrected chi connectivity index (χ0v) is 11.4. The molecule has 0 aliphatic heterocycles. The van der Waals surface area contributed by atoms with Crippen molar-refractivity contribution in [2.45, 2.75) is 25.3 Å². The summed E-state index contributed by atoms with van der Waals surface area (Å²) in [6.07, 6.45) is 3.20. The van der Waals surface area contributed by atoms with Gasteiger partial charge in [-0.25, -0.2) is 0 Å². The van der Waals surface area contributed by atoms with Gasteiger partial charge in [0.25, 0.3) is 0 Å². The highest BCUT2D eigenvalue weighted by atomic mass is 79.9. The van der Waals surface area contributed by atoms with Crippen LogP contribution < -0.4 is 10.1 Å². The Morgan fingerprint density at radius 2 is 2.41 bits per heavy atom. The van der Waals surface area contributed by atoms with E-state index in [2.05, 4.69) is 27.3 Å². The lowest BCUT2D eigenvalue weighted by atomic mass is 9.87. The first-order valence-corrected chi connectivity index (χ1v) is 6.89. The van der Waals surface area contributed by atoms with E-state index in [1.165, 1.54) is 11.1 Å². The summed E-state index contributed by atoms with van der Waals surface area (Å²) in [5.74, 6) is 0.884. The molecule has 1 atom stereocenters. The molecular weight excluding hydrogens is 282 g/mol. The molecule has 1 unspecified atom stereocenters. The second kappa shape index (κ2) is 5.54. The Balaban J connectivity index is 2.25. The Kier molecular flexibility index (Phi) is 4.05. The van der Waals surface area contributed by atoms with Crippen LogP contribution in [-0.2, 0) is 11.2 Å². The van der Waals surface area contributed by atoms with E-state index < -0.39 is 0 Å². The van der Waals surface area contributed by atoms with E-state index in [0.717, 1.165) is 25.0 Å². The Morgan fingerprint density at radius 1 is 1.59 bits per heavy atom. The zero-order chi connectivity index (χ0) is 12.3. The average Bonchev–Trinajstić information content (AvgIpc) is 2.38. The first-order chi connectivity index (χ1) is 8.24. The monoisotopic (exact) mass is 297 g/mol. The van der Waals surface area contributed by atoms with Crippen LogP contribution in [0.3, 0.4) is 0 Å². The molecule has 1 aromatic carbocycles. The van der Waals surface area contributed by atoms with Crippen LogP contribution in [0, 0.1) is 0 Å². The van der Waals surface area contributed by atoms with Crippen molar-refractivity contribution in [3.05, 3.63) is 29.3 Å². The summed E-state index contributed by atoms with van der Waals surface area (Å²) in [6, 6.07) is 6.24. The second-order valence-electron chi connectivity index (χ2n) is 4.21. The molecule has 1 amide bonds. The first kappa shape index (κ1) is 12.4. The van der Waals surface area contributed by atoms with Gasteiger partial charge in [-0.05, 0) is 42.5 Å². The van der Waals surface area contributed by atoms with Gasteiger partial charge in [0.1, 0.15) is 5.75 Å². The van der Waals surface area contributed by atoms with E-state index in [0.29, 0.717) is 5.33 Å². The van der Waals surface area contributed by atoms with Crippen LogP contribution in [0.25, 0.3) is 0 Å². The average molecular weight is 298 g/mol. The predicted molar refractivity (Wildman–Crippen MR) is 70.6 cm³/mol. The van der Waals surface area contributed by atoms with Crippen LogP contribution in [0.1, 0.15) is 30.0 Å². The lowest BCUT2D eigenvalue weighted by Gasteiger charge is -2.26. The molecule has 0 radical (unpaired) electrons. The Labute approximate surface area is 110 Å². The van der Waals surface area contributed by atoms with E-state index in [1.807, 2.05) is 12.1 Å². The van der Waals surface area contributed by atoms with Gasteiger partial charge < -0.3 is 10.1 Å². The van der Waals surface area contributed by atoms with E-state index in [1.54, 1.807) is 7.11 Å². The minimum atomic E-state index is 0.0330. The summed E-state index contributed by atoms with van der Waals surface area (Å²) in [4.78, 5) is 11.5.